The normalized spacial score (nSPS) is 10.9. The van der Waals surface area contributed by atoms with Gasteiger partial charge >= 0.3 is 0 Å². The van der Waals surface area contributed by atoms with E-state index in [4.69, 9.17) is 23.2 Å². The van der Waals surface area contributed by atoms with Crippen molar-refractivity contribution in [2.75, 3.05) is 0 Å². The summed E-state index contributed by atoms with van der Waals surface area (Å²) in [5.41, 5.74) is 1.07. The summed E-state index contributed by atoms with van der Waals surface area (Å²) >= 11 is 12.1. The second kappa shape index (κ2) is 4.84. The molecule has 94 valence electrons. The molecule has 3 aromatic rings. The van der Waals surface area contributed by atoms with Crippen molar-refractivity contribution in [2.45, 2.75) is 0 Å². The topological polar surface area (TPSA) is 0 Å². The Balaban J connectivity index is 2.31. The molecule has 0 aromatic heterocycles. The first kappa shape index (κ1) is 12.5. The van der Waals surface area contributed by atoms with E-state index >= 15 is 0 Å². The van der Waals surface area contributed by atoms with Crippen molar-refractivity contribution in [1.29, 1.82) is 0 Å². The predicted molar refractivity (Wildman–Crippen MR) is 79.4 cm³/mol. The van der Waals surface area contributed by atoms with Crippen LogP contribution < -0.4 is 0 Å². The fraction of sp³-hybridized carbons (Fsp3) is 0. The minimum atomic E-state index is -0.276. The number of fused-ring (bicyclic) bond motifs is 1. The van der Waals surface area contributed by atoms with Crippen LogP contribution in [0, 0.1) is 5.82 Å². The lowest BCUT2D eigenvalue weighted by Crippen LogP contribution is -1.88. The summed E-state index contributed by atoms with van der Waals surface area (Å²) in [6.45, 7) is 0. The monoisotopic (exact) mass is 290 g/mol. The van der Waals surface area contributed by atoms with Gasteiger partial charge in [-0.25, -0.2) is 4.39 Å². The van der Waals surface area contributed by atoms with E-state index in [2.05, 4.69) is 0 Å². The molecule has 0 saturated carbocycles. The van der Waals surface area contributed by atoms with E-state index in [1.54, 1.807) is 30.3 Å². The quantitative estimate of drug-likeness (QED) is 0.519. The zero-order valence-electron chi connectivity index (χ0n) is 9.83. The van der Waals surface area contributed by atoms with Crippen LogP contribution in [-0.2, 0) is 0 Å². The molecule has 19 heavy (non-hydrogen) atoms. The lowest BCUT2D eigenvalue weighted by Gasteiger charge is -2.09. The van der Waals surface area contributed by atoms with Crippen molar-refractivity contribution in [3.05, 3.63) is 70.5 Å². The highest BCUT2D eigenvalue weighted by Gasteiger charge is 2.12. The summed E-state index contributed by atoms with van der Waals surface area (Å²) in [6, 6.07) is 16.0. The summed E-state index contributed by atoms with van der Waals surface area (Å²) in [6.07, 6.45) is 0. The van der Waals surface area contributed by atoms with Crippen LogP contribution in [0.25, 0.3) is 21.9 Å². The Labute approximate surface area is 120 Å². The molecule has 0 spiro atoms. The highest BCUT2D eigenvalue weighted by molar-refractivity contribution is 6.35. The van der Waals surface area contributed by atoms with Gasteiger partial charge in [-0.1, -0.05) is 59.6 Å². The molecular weight excluding hydrogens is 282 g/mol. The van der Waals surface area contributed by atoms with Gasteiger partial charge in [0.1, 0.15) is 5.82 Å². The van der Waals surface area contributed by atoms with Gasteiger partial charge in [0, 0.05) is 26.6 Å². The first-order chi connectivity index (χ1) is 9.16. The Morgan fingerprint density at radius 1 is 0.789 bits per heavy atom. The van der Waals surface area contributed by atoms with Gasteiger partial charge in [0.25, 0.3) is 0 Å². The Morgan fingerprint density at radius 3 is 2.42 bits per heavy atom. The van der Waals surface area contributed by atoms with E-state index in [0.717, 1.165) is 5.39 Å². The van der Waals surface area contributed by atoms with Crippen LogP contribution in [0.5, 0.6) is 0 Å². The Hall–Kier alpha value is -1.57. The van der Waals surface area contributed by atoms with Gasteiger partial charge in [-0.05, 0) is 23.6 Å². The molecule has 3 aromatic carbocycles. The summed E-state index contributed by atoms with van der Waals surface area (Å²) in [7, 11) is 0. The lowest BCUT2D eigenvalue weighted by molar-refractivity contribution is 0.643. The highest BCUT2D eigenvalue weighted by Crippen LogP contribution is 2.34. The zero-order valence-corrected chi connectivity index (χ0v) is 11.3. The van der Waals surface area contributed by atoms with Crippen molar-refractivity contribution in [3.8, 4) is 11.1 Å². The molecule has 0 unspecified atom stereocenters. The molecule has 3 heteroatoms. The fourth-order valence-corrected chi connectivity index (χ4v) is 2.54. The molecule has 0 aliphatic rings. The molecule has 0 N–H and O–H groups in total. The van der Waals surface area contributed by atoms with Gasteiger partial charge < -0.3 is 0 Å². The number of rotatable bonds is 1. The molecule has 0 aliphatic carbocycles. The molecule has 0 radical (unpaired) electrons. The molecule has 0 aliphatic heterocycles. The van der Waals surface area contributed by atoms with Crippen molar-refractivity contribution in [2.24, 2.45) is 0 Å². The second-order valence-corrected chi connectivity index (χ2v) is 5.12. The minimum Gasteiger partial charge on any atom is -0.206 e. The van der Waals surface area contributed by atoms with Gasteiger partial charge in [-0.2, -0.15) is 0 Å². The van der Waals surface area contributed by atoms with E-state index in [9.17, 15) is 4.39 Å². The van der Waals surface area contributed by atoms with Gasteiger partial charge in [-0.15, -0.1) is 0 Å². The molecule has 0 fully saturated rings. The third-order valence-corrected chi connectivity index (χ3v) is 3.65. The third kappa shape index (κ3) is 2.20. The fourth-order valence-electron chi connectivity index (χ4n) is 2.15. The molecule has 0 amide bonds. The lowest BCUT2D eigenvalue weighted by atomic mass is 10.0. The largest absolute Gasteiger partial charge is 0.206 e. The maximum absolute atomic E-state index is 14.6. The molecule has 0 saturated heterocycles. The van der Waals surface area contributed by atoms with Crippen molar-refractivity contribution < 1.29 is 4.39 Å². The van der Waals surface area contributed by atoms with Crippen molar-refractivity contribution in [1.82, 2.24) is 0 Å². The number of halogens is 3. The van der Waals surface area contributed by atoms with Crippen LogP contribution in [-0.4, -0.2) is 0 Å². The van der Waals surface area contributed by atoms with Crippen LogP contribution in [0.2, 0.25) is 10.0 Å². The van der Waals surface area contributed by atoms with Crippen LogP contribution >= 0.6 is 23.2 Å². The van der Waals surface area contributed by atoms with Crippen LogP contribution in [0.3, 0.4) is 0 Å². The maximum Gasteiger partial charge on any atom is 0.138 e. The predicted octanol–water partition coefficient (Wildman–Crippen LogP) is 5.95. The van der Waals surface area contributed by atoms with Gasteiger partial charge in [0.05, 0.1) is 0 Å². The summed E-state index contributed by atoms with van der Waals surface area (Å²) in [4.78, 5) is 0. The van der Waals surface area contributed by atoms with E-state index in [-0.39, 0.29) is 5.82 Å². The van der Waals surface area contributed by atoms with Gasteiger partial charge in [0.15, 0.2) is 0 Å². The van der Waals surface area contributed by atoms with E-state index in [1.807, 2.05) is 24.3 Å². The van der Waals surface area contributed by atoms with E-state index < -0.39 is 0 Å². The molecule has 0 heterocycles. The SMILES string of the molecule is Fc1c(-c2cc(Cl)ccc2Cl)ccc2ccccc12. The van der Waals surface area contributed by atoms with Crippen molar-refractivity contribution >= 4 is 34.0 Å². The number of hydrogen-bond donors (Lipinski definition) is 0. The standard InChI is InChI=1S/C16H9Cl2F/c17-11-6-8-15(18)14(9-11)13-7-5-10-3-1-2-4-12(10)16(13)19/h1-9H. The smallest absolute Gasteiger partial charge is 0.138 e. The van der Waals surface area contributed by atoms with Crippen molar-refractivity contribution in [3.63, 3.8) is 0 Å². The Morgan fingerprint density at radius 2 is 1.58 bits per heavy atom. The zero-order chi connectivity index (χ0) is 13.4. The molecule has 3 rings (SSSR count). The van der Waals surface area contributed by atoms with E-state index in [0.29, 0.717) is 26.6 Å². The molecule has 0 nitrogen and oxygen atoms in total. The highest BCUT2D eigenvalue weighted by atomic mass is 35.5. The Kier molecular flexibility index (Phi) is 3.17. The Bertz CT molecular complexity index is 766. The van der Waals surface area contributed by atoms with Gasteiger partial charge in [-0.3, -0.25) is 0 Å². The average Bonchev–Trinajstić information content (AvgIpc) is 2.43. The maximum atomic E-state index is 14.6. The summed E-state index contributed by atoms with van der Waals surface area (Å²) in [5.74, 6) is -0.276. The average molecular weight is 291 g/mol. The number of benzene rings is 3. The molecule has 0 atom stereocenters. The van der Waals surface area contributed by atoms with Crippen LogP contribution in [0.1, 0.15) is 0 Å². The molecular formula is C16H9Cl2F. The third-order valence-electron chi connectivity index (χ3n) is 3.08. The van der Waals surface area contributed by atoms with Gasteiger partial charge in [0.2, 0.25) is 0 Å². The minimum absolute atomic E-state index is 0.276. The molecule has 0 bridgehead atoms. The first-order valence-corrected chi connectivity index (χ1v) is 6.55. The summed E-state index contributed by atoms with van der Waals surface area (Å²) in [5, 5.41) is 2.46. The number of hydrogen-bond acceptors (Lipinski definition) is 0. The van der Waals surface area contributed by atoms with Crippen LogP contribution in [0.15, 0.2) is 54.6 Å². The van der Waals surface area contributed by atoms with E-state index in [1.165, 1.54) is 0 Å². The summed E-state index contributed by atoms with van der Waals surface area (Å²) < 4.78 is 14.6. The van der Waals surface area contributed by atoms with Crippen LogP contribution in [0.4, 0.5) is 4.39 Å². The second-order valence-electron chi connectivity index (χ2n) is 4.27. The first-order valence-electron chi connectivity index (χ1n) is 5.79.